The highest BCUT2D eigenvalue weighted by atomic mass is 35.5. The predicted molar refractivity (Wildman–Crippen MR) is 39.4 cm³/mol. The summed E-state index contributed by atoms with van der Waals surface area (Å²) in [5.41, 5.74) is 0.726. The Bertz CT molecular complexity index is 168. The van der Waals surface area contributed by atoms with Crippen molar-refractivity contribution >= 4 is 17.4 Å². The van der Waals surface area contributed by atoms with E-state index in [0.717, 1.165) is 5.57 Å². The van der Waals surface area contributed by atoms with Crippen LogP contribution in [0.4, 0.5) is 0 Å². The van der Waals surface area contributed by atoms with Crippen molar-refractivity contribution in [3.63, 3.8) is 0 Å². The predicted octanol–water partition coefficient (Wildman–Crippen LogP) is 2.27. The van der Waals surface area contributed by atoms with E-state index in [2.05, 4.69) is 6.58 Å². The van der Waals surface area contributed by atoms with Gasteiger partial charge < -0.3 is 0 Å². The lowest BCUT2D eigenvalue weighted by Gasteiger charge is -1.91. The lowest BCUT2D eigenvalue weighted by molar-refractivity contribution is -0.112. The molecule has 0 fully saturated rings. The average Bonchev–Trinajstić information content (AvgIpc) is 1.63. The van der Waals surface area contributed by atoms with Gasteiger partial charge in [-0.05, 0) is 25.5 Å². The summed E-state index contributed by atoms with van der Waals surface area (Å²) < 4.78 is 0. The van der Waals surface area contributed by atoms with Crippen LogP contribution >= 0.6 is 11.6 Å². The highest BCUT2D eigenvalue weighted by molar-refractivity contribution is 6.31. The molecule has 0 atom stereocenters. The Hall–Kier alpha value is -0.560. The quantitative estimate of drug-likeness (QED) is 0.429. The van der Waals surface area contributed by atoms with E-state index in [1.807, 2.05) is 0 Å². The fourth-order valence-corrected chi connectivity index (χ4v) is 0.438. The van der Waals surface area contributed by atoms with Crippen LogP contribution in [0.1, 0.15) is 13.8 Å². The Morgan fingerprint density at radius 3 is 2.11 bits per heavy atom. The van der Waals surface area contributed by atoms with Crippen molar-refractivity contribution < 1.29 is 4.79 Å². The van der Waals surface area contributed by atoms with Gasteiger partial charge in [-0.15, -0.1) is 0 Å². The summed E-state index contributed by atoms with van der Waals surface area (Å²) in [6.07, 6.45) is 1.45. The zero-order valence-electron chi connectivity index (χ0n) is 5.57. The molecule has 0 aliphatic carbocycles. The van der Waals surface area contributed by atoms with Crippen LogP contribution in [0.3, 0.4) is 0 Å². The molecule has 0 spiro atoms. The van der Waals surface area contributed by atoms with Crippen LogP contribution in [0.15, 0.2) is 23.3 Å². The number of carbonyl (C=O) groups excluding carboxylic acids is 1. The van der Waals surface area contributed by atoms with Crippen molar-refractivity contribution in [2.45, 2.75) is 13.8 Å². The van der Waals surface area contributed by atoms with Crippen molar-refractivity contribution in [3.05, 3.63) is 23.3 Å². The van der Waals surface area contributed by atoms with E-state index in [-0.39, 0.29) is 5.78 Å². The normalized spacial score (nSPS) is 11.2. The number of ketones is 1. The molecule has 0 unspecified atom stereocenters. The molecule has 0 aromatic rings. The van der Waals surface area contributed by atoms with E-state index in [0.29, 0.717) is 5.03 Å². The molecule has 50 valence electrons. The van der Waals surface area contributed by atoms with Gasteiger partial charge in [-0.3, -0.25) is 4.79 Å². The molecule has 0 aromatic carbocycles. The fraction of sp³-hybridized carbons (Fsp3) is 0.286. The van der Waals surface area contributed by atoms with Crippen LogP contribution in [0, 0.1) is 0 Å². The van der Waals surface area contributed by atoms with E-state index in [4.69, 9.17) is 11.6 Å². The highest BCUT2D eigenvalue weighted by Crippen LogP contribution is 2.09. The molecule has 0 radical (unpaired) electrons. The standard InChI is InChI=1S/C7H9ClO/c1-5(7(3)8)4-6(2)9/h4H,3H2,1-2H3/b5-4-. The van der Waals surface area contributed by atoms with Gasteiger partial charge in [0.1, 0.15) is 0 Å². The summed E-state index contributed by atoms with van der Waals surface area (Å²) in [4.78, 5) is 10.4. The van der Waals surface area contributed by atoms with E-state index >= 15 is 0 Å². The number of carbonyl (C=O) groups is 1. The van der Waals surface area contributed by atoms with Gasteiger partial charge in [0.25, 0.3) is 0 Å². The third-order valence-corrected chi connectivity index (χ3v) is 1.15. The Balaban J connectivity index is 4.17. The third-order valence-electron chi connectivity index (χ3n) is 0.848. The summed E-state index contributed by atoms with van der Waals surface area (Å²) in [5, 5.41) is 0.421. The van der Waals surface area contributed by atoms with Gasteiger partial charge in [0.15, 0.2) is 5.78 Å². The largest absolute Gasteiger partial charge is 0.295 e. The van der Waals surface area contributed by atoms with Crippen molar-refractivity contribution in [1.29, 1.82) is 0 Å². The second kappa shape index (κ2) is 3.46. The molecule has 0 aromatic heterocycles. The first-order chi connectivity index (χ1) is 4.04. The summed E-state index contributed by atoms with van der Waals surface area (Å²) in [5.74, 6) is -0.00528. The van der Waals surface area contributed by atoms with Crippen molar-refractivity contribution in [3.8, 4) is 0 Å². The zero-order valence-corrected chi connectivity index (χ0v) is 6.33. The van der Waals surface area contributed by atoms with Crippen LogP contribution < -0.4 is 0 Å². The lowest BCUT2D eigenvalue weighted by Crippen LogP contribution is -1.84. The van der Waals surface area contributed by atoms with Crippen LogP contribution in [-0.4, -0.2) is 5.78 Å². The highest BCUT2D eigenvalue weighted by Gasteiger charge is 1.92. The maximum Gasteiger partial charge on any atom is 0.152 e. The monoisotopic (exact) mass is 144 g/mol. The lowest BCUT2D eigenvalue weighted by atomic mass is 10.2. The second-order valence-electron chi connectivity index (χ2n) is 1.84. The fourth-order valence-electron chi connectivity index (χ4n) is 0.383. The number of halogens is 1. The Morgan fingerprint density at radius 2 is 2.00 bits per heavy atom. The molecule has 9 heavy (non-hydrogen) atoms. The summed E-state index contributed by atoms with van der Waals surface area (Å²) >= 11 is 5.46. The second-order valence-corrected chi connectivity index (χ2v) is 2.30. The van der Waals surface area contributed by atoms with Gasteiger partial charge in [-0.25, -0.2) is 0 Å². The summed E-state index contributed by atoms with van der Waals surface area (Å²) in [6.45, 7) is 6.68. The third kappa shape index (κ3) is 3.98. The minimum atomic E-state index is -0.00528. The van der Waals surface area contributed by atoms with E-state index in [1.54, 1.807) is 6.92 Å². The van der Waals surface area contributed by atoms with E-state index < -0.39 is 0 Å². The first kappa shape index (κ1) is 8.44. The molecule has 0 aliphatic heterocycles. The van der Waals surface area contributed by atoms with Gasteiger partial charge in [-0.2, -0.15) is 0 Å². The summed E-state index contributed by atoms with van der Waals surface area (Å²) in [6, 6.07) is 0. The molecule has 1 nitrogen and oxygen atoms in total. The van der Waals surface area contributed by atoms with Crippen LogP contribution in [0.2, 0.25) is 0 Å². The maximum atomic E-state index is 10.4. The minimum absolute atomic E-state index is 0.00528. The van der Waals surface area contributed by atoms with Crippen LogP contribution in [0.5, 0.6) is 0 Å². The van der Waals surface area contributed by atoms with Crippen molar-refractivity contribution in [1.82, 2.24) is 0 Å². The SMILES string of the molecule is C=C(Cl)/C(C)=C\C(C)=O. The molecule has 0 aliphatic rings. The molecule has 0 bridgehead atoms. The van der Waals surface area contributed by atoms with Gasteiger partial charge in [0.05, 0.1) is 0 Å². The topological polar surface area (TPSA) is 17.1 Å². The van der Waals surface area contributed by atoms with Gasteiger partial charge in [-0.1, -0.05) is 18.2 Å². The maximum absolute atomic E-state index is 10.4. The minimum Gasteiger partial charge on any atom is -0.295 e. The number of rotatable bonds is 2. The Labute approximate surface area is 60.0 Å². The molecule has 0 rings (SSSR count). The molecule has 0 saturated carbocycles. The molecular weight excluding hydrogens is 136 g/mol. The number of hydrogen-bond donors (Lipinski definition) is 0. The zero-order chi connectivity index (χ0) is 7.44. The summed E-state index contributed by atoms with van der Waals surface area (Å²) in [7, 11) is 0. The van der Waals surface area contributed by atoms with E-state index in [1.165, 1.54) is 13.0 Å². The Kier molecular flexibility index (Phi) is 3.25. The van der Waals surface area contributed by atoms with Crippen molar-refractivity contribution in [2.24, 2.45) is 0 Å². The molecule has 0 N–H and O–H groups in total. The molecule has 2 heteroatoms. The van der Waals surface area contributed by atoms with Gasteiger partial charge in [0, 0.05) is 5.03 Å². The first-order valence-corrected chi connectivity index (χ1v) is 2.95. The smallest absolute Gasteiger partial charge is 0.152 e. The van der Waals surface area contributed by atoms with E-state index in [9.17, 15) is 4.79 Å². The Morgan fingerprint density at radius 1 is 1.56 bits per heavy atom. The van der Waals surface area contributed by atoms with Gasteiger partial charge in [0.2, 0.25) is 0 Å². The van der Waals surface area contributed by atoms with Crippen LogP contribution in [-0.2, 0) is 4.79 Å². The molecule has 0 heterocycles. The van der Waals surface area contributed by atoms with Gasteiger partial charge >= 0.3 is 0 Å². The molecule has 0 amide bonds. The molecule has 0 saturated heterocycles. The van der Waals surface area contributed by atoms with Crippen LogP contribution in [0.25, 0.3) is 0 Å². The van der Waals surface area contributed by atoms with Crippen molar-refractivity contribution in [2.75, 3.05) is 0 Å². The number of allylic oxidation sites excluding steroid dienone is 3. The first-order valence-electron chi connectivity index (χ1n) is 2.57. The number of hydrogen-bond acceptors (Lipinski definition) is 1. The molecular formula is C7H9ClO. The average molecular weight is 145 g/mol.